The molecule has 0 aliphatic rings. The largest absolute Gasteiger partial charge is 0.471 e. The van der Waals surface area contributed by atoms with E-state index in [2.05, 4.69) is 5.32 Å². The topological polar surface area (TPSA) is 75.3 Å². The molecule has 0 atom stereocenters. The van der Waals surface area contributed by atoms with Gasteiger partial charge >= 0.3 is 12.1 Å². The molecule has 0 aromatic heterocycles. The number of rotatable bonds is 5. The third-order valence-corrected chi connectivity index (χ3v) is 2.41. The minimum Gasteiger partial charge on any atom is -0.324 e. The van der Waals surface area contributed by atoms with Gasteiger partial charge in [-0.05, 0) is 19.1 Å². The zero-order valence-electron chi connectivity index (χ0n) is 11.1. The first-order chi connectivity index (χ1) is 9.70. The Morgan fingerprint density at radius 3 is 2.00 bits per heavy atom. The molecule has 0 saturated heterocycles. The highest BCUT2D eigenvalue weighted by atomic mass is 19.4. The zero-order chi connectivity index (χ0) is 16.0. The van der Waals surface area contributed by atoms with Crippen molar-refractivity contribution in [2.75, 3.05) is 10.6 Å². The highest BCUT2D eigenvalue weighted by molar-refractivity contribution is 6.01. The summed E-state index contributed by atoms with van der Waals surface area (Å²) in [5.41, 5.74) is -0.139. The Morgan fingerprint density at radius 2 is 1.52 bits per heavy atom. The van der Waals surface area contributed by atoms with Crippen molar-refractivity contribution in [3.8, 4) is 0 Å². The smallest absolute Gasteiger partial charge is 0.324 e. The van der Waals surface area contributed by atoms with Crippen LogP contribution in [0, 0.1) is 0 Å². The van der Waals surface area contributed by atoms with Gasteiger partial charge in [-0.2, -0.15) is 13.2 Å². The molecule has 1 aromatic carbocycles. The van der Waals surface area contributed by atoms with E-state index in [1.165, 1.54) is 31.2 Å². The Labute approximate surface area is 118 Å². The molecule has 0 aliphatic heterocycles. The maximum Gasteiger partial charge on any atom is 0.471 e. The van der Waals surface area contributed by atoms with Gasteiger partial charge in [-0.25, -0.2) is 0 Å². The zero-order valence-corrected chi connectivity index (χ0v) is 11.1. The van der Waals surface area contributed by atoms with Gasteiger partial charge in [0.2, 0.25) is 5.91 Å². The molecule has 114 valence electrons. The van der Waals surface area contributed by atoms with Gasteiger partial charge in [0.15, 0.2) is 0 Å². The molecule has 0 fully saturated rings. The van der Waals surface area contributed by atoms with Crippen molar-refractivity contribution < 1.29 is 27.6 Å². The number of ketones is 1. The SMILES string of the molecule is CC(=O)CCC(=O)Nc1ccccc1NC(=O)C(F)(F)F. The van der Waals surface area contributed by atoms with Gasteiger partial charge in [-0.15, -0.1) is 0 Å². The van der Waals surface area contributed by atoms with E-state index in [-0.39, 0.29) is 30.0 Å². The fourth-order valence-electron chi connectivity index (χ4n) is 1.40. The predicted octanol–water partition coefficient (Wildman–Crippen LogP) is 2.50. The first kappa shape index (κ1) is 16.7. The van der Waals surface area contributed by atoms with Crippen LogP contribution in [-0.2, 0) is 14.4 Å². The standard InChI is InChI=1S/C13H13F3N2O3/c1-8(19)6-7-11(20)17-9-4-2-3-5-10(9)18-12(21)13(14,15)16/h2-5H,6-7H2,1H3,(H,17,20)(H,18,21). The van der Waals surface area contributed by atoms with Gasteiger partial charge in [0.05, 0.1) is 11.4 Å². The second-order valence-electron chi connectivity index (χ2n) is 4.25. The van der Waals surface area contributed by atoms with E-state index in [0.717, 1.165) is 0 Å². The van der Waals surface area contributed by atoms with Crippen LogP contribution in [0.5, 0.6) is 0 Å². The van der Waals surface area contributed by atoms with Crippen molar-refractivity contribution in [2.45, 2.75) is 25.9 Å². The van der Waals surface area contributed by atoms with Crippen LogP contribution < -0.4 is 10.6 Å². The lowest BCUT2D eigenvalue weighted by Crippen LogP contribution is -2.30. The number of Topliss-reactive ketones (excluding diaryl/α,β-unsaturated/α-hetero) is 1. The van der Waals surface area contributed by atoms with Crippen molar-refractivity contribution in [1.82, 2.24) is 0 Å². The van der Waals surface area contributed by atoms with Gasteiger partial charge < -0.3 is 15.4 Å². The van der Waals surface area contributed by atoms with E-state index < -0.39 is 18.0 Å². The van der Waals surface area contributed by atoms with E-state index in [1.54, 1.807) is 5.32 Å². The molecular weight excluding hydrogens is 289 g/mol. The molecule has 0 bridgehead atoms. The summed E-state index contributed by atoms with van der Waals surface area (Å²) in [6, 6.07) is 5.48. The minimum atomic E-state index is -5.02. The molecule has 0 radical (unpaired) electrons. The van der Waals surface area contributed by atoms with Crippen LogP contribution in [0.3, 0.4) is 0 Å². The maximum absolute atomic E-state index is 12.2. The van der Waals surface area contributed by atoms with Crippen molar-refractivity contribution in [2.24, 2.45) is 0 Å². The summed E-state index contributed by atoms with van der Waals surface area (Å²) in [6.07, 6.45) is -5.08. The molecule has 0 saturated carbocycles. The molecule has 0 heterocycles. The third kappa shape index (κ3) is 5.64. The number of hydrogen-bond acceptors (Lipinski definition) is 3. The lowest BCUT2D eigenvalue weighted by molar-refractivity contribution is -0.167. The molecule has 2 amide bonds. The number of carbonyl (C=O) groups is 3. The van der Waals surface area contributed by atoms with E-state index in [1.807, 2.05) is 0 Å². The Balaban J connectivity index is 2.78. The molecule has 1 rings (SSSR count). The molecule has 2 N–H and O–H groups in total. The summed E-state index contributed by atoms with van der Waals surface area (Å²) in [5.74, 6) is -2.84. The second kappa shape index (κ2) is 6.87. The highest BCUT2D eigenvalue weighted by Gasteiger charge is 2.38. The van der Waals surface area contributed by atoms with Gasteiger partial charge in [0.1, 0.15) is 5.78 Å². The lowest BCUT2D eigenvalue weighted by atomic mass is 10.2. The van der Waals surface area contributed by atoms with Gasteiger partial charge in [-0.3, -0.25) is 9.59 Å². The number of carbonyl (C=O) groups excluding carboxylic acids is 3. The quantitative estimate of drug-likeness (QED) is 0.877. The number of anilines is 2. The van der Waals surface area contributed by atoms with Crippen LogP contribution in [0.25, 0.3) is 0 Å². The Hall–Kier alpha value is -2.38. The van der Waals surface area contributed by atoms with Crippen molar-refractivity contribution in [3.63, 3.8) is 0 Å². The van der Waals surface area contributed by atoms with Gasteiger partial charge in [0.25, 0.3) is 0 Å². The van der Waals surface area contributed by atoms with E-state index in [9.17, 15) is 27.6 Å². The van der Waals surface area contributed by atoms with Crippen LogP contribution in [-0.4, -0.2) is 23.8 Å². The molecular formula is C13H13F3N2O3. The minimum absolute atomic E-state index is 0.0307. The highest BCUT2D eigenvalue weighted by Crippen LogP contribution is 2.24. The lowest BCUT2D eigenvalue weighted by Gasteiger charge is -2.13. The number of amides is 2. The van der Waals surface area contributed by atoms with Crippen LogP contribution in [0.15, 0.2) is 24.3 Å². The third-order valence-electron chi connectivity index (χ3n) is 2.41. The predicted molar refractivity (Wildman–Crippen MR) is 69.7 cm³/mol. The van der Waals surface area contributed by atoms with E-state index in [0.29, 0.717) is 0 Å². The van der Waals surface area contributed by atoms with Crippen molar-refractivity contribution in [1.29, 1.82) is 0 Å². The number of benzene rings is 1. The fraction of sp³-hybridized carbons (Fsp3) is 0.308. The van der Waals surface area contributed by atoms with Crippen LogP contribution >= 0.6 is 0 Å². The number of hydrogen-bond donors (Lipinski definition) is 2. The number of nitrogens with one attached hydrogen (secondary N) is 2. The first-order valence-corrected chi connectivity index (χ1v) is 5.96. The van der Waals surface area contributed by atoms with Crippen LogP contribution in [0.2, 0.25) is 0 Å². The summed E-state index contributed by atoms with van der Waals surface area (Å²) < 4.78 is 36.6. The molecule has 5 nitrogen and oxygen atoms in total. The van der Waals surface area contributed by atoms with Gasteiger partial charge in [-0.1, -0.05) is 12.1 Å². The molecule has 8 heteroatoms. The van der Waals surface area contributed by atoms with Crippen LogP contribution in [0.1, 0.15) is 19.8 Å². The maximum atomic E-state index is 12.2. The first-order valence-electron chi connectivity index (χ1n) is 5.96. The summed E-state index contributed by atoms with van der Waals surface area (Å²) in [6.45, 7) is 1.32. The summed E-state index contributed by atoms with van der Waals surface area (Å²) in [4.78, 5) is 33.2. The number of para-hydroxylation sites is 2. The molecule has 0 spiro atoms. The summed E-state index contributed by atoms with van der Waals surface area (Å²) in [5, 5.41) is 4.02. The van der Waals surface area contributed by atoms with Crippen LogP contribution in [0.4, 0.5) is 24.5 Å². The average molecular weight is 302 g/mol. The molecule has 21 heavy (non-hydrogen) atoms. The average Bonchev–Trinajstić information content (AvgIpc) is 2.37. The normalized spacial score (nSPS) is 10.9. The molecule has 0 aliphatic carbocycles. The Kier molecular flexibility index (Phi) is 5.45. The summed E-state index contributed by atoms with van der Waals surface area (Å²) in [7, 11) is 0. The Bertz CT molecular complexity index is 556. The summed E-state index contributed by atoms with van der Waals surface area (Å²) >= 11 is 0. The molecule has 0 unspecified atom stereocenters. The Morgan fingerprint density at radius 1 is 1.00 bits per heavy atom. The van der Waals surface area contributed by atoms with E-state index in [4.69, 9.17) is 0 Å². The monoisotopic (exact) mass is 302 g/mol. The number of alkyl halides is 3. The van der Waals surface area contributed by atoms with Crippen molar-refractivity contribution >= 4 is 29.0 Å². The fourth-order valence-corrected chi connectivity index (χ4v) is 1.40. The second-order valence-corrected chi connectivity index (χ2v) is 4.25. The molecule has 1 aromatic rings. The number of halogens is 3. The van der Waals surface area contributed by atoms with Crippen molar-refractivity contribution in [3.05, 3.63) is 24.3 Å². The van der Waals surface area contributed by atoms with E-state index >= 15 is 0 Å². The van der Waals surface area contributed by atoms with Gasteiger partial charge in [0, 0.05) is 12.8 Å².